The van der Waals surface area contributed by atoms with Gasteiger partial charge in [-0.2, -0.15) is 0 Å². The average Bonchev–Trinajstić information content (AvgIpc) is 3.07. The molecule has 0 bridgehead atoms. The second-order valence-electron chi connectivity index (χ2n) is 6.88. The molecule has 4 aromatic rings. The molecule has 1 heterocycles. The number of rotatable bonds is 3. The van der Waals surface area contributed by atoms with Gasteiger partial charge in [-0.1, -0.05) is 48.5 Å². The number of carbonyl (C=O) groups is 2. The highest BCUT2D eigenvalue weighted by atomic mass is 16.5. The van der Waals surface area contributed by atoms with Crippen LogP contribution in [0.25, 0.3) is 10.9 Å². The van der Waals surface area contributed by atoms with Gasteiger partial charge in [-0.15, -0.1) is 0 Å². The molecule has 0 aliphatic heterocycles. The normalized spacial score (nSPS) is 12.8. The van der Waals surface area contributed by atoms with E-state index in [9.17, 15) is 9.59 Å². The highest BCUT2D eigenvalue weighted by Gasteiger charge is 2.35. The molecule has 1 aliphatic carbocycles. The SMILES string of the molecule is COc1ccc2c(c1)C(=O)c1c(n(Cc3ccccc3)c3ccccc13)C2=O. The van der Waals surface area contributed by atoms with E-state index in [0.717, 1.165) is 16.5 Å². The summed E-state index contributed by atoms with van der Waals surface area (Å²) in [6, 6.07) is 22.7. The molecule has 0 amide bonds. The first-order valence-corrected chi connectivity index (χ1v) is 9.11. The number of methoxy groups -OCH3 is 1. The molecule has 1 aliphatic rings. The predicted octanol–water partition coefficient (Wildman–Crippen LogP) is 4.47. The fourth-order valence-corrected chi connectivity index (χ4v) is 4.00. The number of ketones is 2. The van der Waals surface area contributed by atoms with Gasteiger partial charge in [0, 0.05) is 28.6 Å². The molecule has 0 saturated carbocycles. The number of carbonyl (C=O) groups excluding carboxylic acids is 2. The van der Waals surface area contributed by atoms with E-state index < -0.39 is 0 Å². The van der Waals surface area contributed by atoms with Gasteiger partial charge in [-0.05, 0) is 29.8 Å². The van der Waals surface area contributed by atoms with Crippen LogP contribution in [0.3, 0.4) is 0 Å². The molecule has 4 nitrogen and oxygen atoms in total. The molecule has 4 heteroatoms. The van der Waals surface area contributed by atoms with Crippen LogP contribution in [0.4, 0.5) is 0 Å². The zero-order valence-corrected chi connectivity index (χ0v) is 15.3. The Bertz CT molecular complexity index is 1250. The van der Waals surface area contributed by atoms with Crippen LogP contribution >= 0.6 is 0 Å². The van der Waals surface area contributed by atoms with E-state index in [4.69, 9.17) is 4.74 Å². The van der Waals surface area contributed by atoms with E-state index in [0.29, 0.717) is 34.7 Å². The summed E-state index contributed by atoms with van der Waals surface area (Å²) in [4.78, 5) is 26.8. The molecule has 136 valence electrons. The maximum Gasteiger partial charge on any atom is 0.210 e. The van der Waals surface area contributed by atoms with Gasteiger partial charge in [0.1, 0.15) is 11.4 Å². The number of para-hydroxylation sites is 1. The highest BCUT2D eigenvalue weighted by Crippen LogP contribution is 2.36. The summed E-state index contributed by atoms with van der Waals surface area (Å²) in [6.45, 7) is 0.529. The highest BCUT2D eigenvalue weighted by molar-refractivity contribution is 6.32. The number of hydrogen-bond acceptors (Lipinski definition) is 3. The van der Waals surface area contributed by atoms with E-state index in [-0.39, 0.29) is 11.6 Å². The van der Waals surface area contributed by atoms with Gasteiger partial charge in [0.2, 0.25) is 5.78 Å². The summed E-state index contributed by atoms with van der Waals surface area (Å²) in [5, 5.41) is 0.806. The molecular weight excluding hydrogens is 350 g/mol. The van der Waals surface area contributed by atoms with Crippen molar-refractivity contribution in [1.82, 2.24) is 4.57 Å². The van der Waals surface area contributed by atoms with Crippen molar-refractivity contribution in [3.05, 3.63) is 101 Å². The van der Waals surface area contributed by atoms with Crippen LogP contribution in [0.1, 0.15) is 37.5 Å². The molecule has 0 fully saturated rings. The molecule has 0 radical (unpaired) electrons. The van der Waals surface area contributed by atoms with Crippen LogP contribution in [0.15, 0.2) is 72.8 Å². The number of ether oxygens (including phenoxy) is 1. The van der Waals surface area contributed by atoms with Gasteiger partial charge >= 0.3 is 0 Å². The second-order valence-corrected chi connectivity index (χ2v) is 6.88. The Morgan fingerprint density at radius 2 is 1.57 bits per heavy atom. The third kappa shape index (κ3) is 2.31. The lowest BCUT2D eigenvalue weighted by atomic mass is 9.86. The minimum Gasteiger partial charge on any atom is -0.497 e. The first-order chi connectivity index (χ1) is 13.7. The van der Waals surface area contributed by atoms with E-state index in [1.807, 2.05) is 59.2 Å². The van der Waals surface area contributed by atoms with Gasteiger partial charge in [-0.3, -0.25) is 9.59 Å². The van der Waals surface area contributed by atoms with Crippen molar-refractivity contribution in [2.24, 2.45) is 0 Å². The lowest BCUT2D eigenvalue weighted by Crippen LogP contribution is -2.23. The maximum atomic E-state index is 13.4. The van der Waals surface area contributed by atoms with Crippen molar-refractivity contribution < 1.29 is 14.3 Å². The zero-order valence-electron chi connectivity index (χ0n) is 15.3. The van der Waals surface area contributed by atoms with E-state index >= 15 is 0 Å². The van der Waals surface area contributed by atoms with Gasteiger partial charge in [0.25, 0.3) is 0 Å². The third-order valence-corrected chi connectivity index (χ3v) is 5.31. The minimum atomic E-state index is -0.133. The summed E-state index contributed by atoms with van der Waals surface area (Å²) >= 11 is 0. The molecule has 3 aromatic carbocycles. The van der Waals surface area contributed by atoms with Crippen LogP contribution in [0.5, 0.6) is 5.75 Å². The van der Waals surface area contributed by atoms with Crippen molar-refractivity contribution in [3.8, 4) is 5.75 Å². The summed E-state index contributed by atoms with van der Waals surface area (Å²) in [5.74, 6) is 0.308. The third-order valence-electron chi connectivity index (χ3n) is 5.31. The van der Waals surface area contributed by atoms with Crippen LogP contribution in [0.2, 0.25) is 0 Å². The summed E-state index contributed by atoms with van der Waals surface area (Å²) in [6.07, 6.45) is 0. The second kappa shape index (κ2) is 6.20. The molecule has 0 N–H and O–H groups in total. The molecular formula is C24H17NO3. The Balaban J connectivity index is 1.79. The summed E-state index contributed by atoms with van der Waals surface area (Å²) in [5.41, 5.74) is 3.74. The van der Waals surface area contributed by atoms with Crippen molar-refractivity contribution >= 4 is 22.5 Å². The average molecular weight is 367 g/mol. The number of benzene rings is 3. The van der Waals surface area contributed by atoms with Crippen LogP contribution < -0.4 is 4.74 Å². The summed E-state index contributed by atoms with van der Waals surface area (Å²) in [7, 11) is 1.55. The molecule has 0 saturated heterocycles. The van der Waals surface area contributed by atoms with Crippen molar-refractivity contribution in [1.29, 1.82) is 0 Å². The maximum absolute atomic E-state index is 13.4. The van der Waals surface area contributed by atoms with Gasteiger partial charge in [0.15, 0.2) is 5.78 Å². The fourth-order valence-electron chi connectivity index (χ4n) is 4.00. The Kier molecular flexibility index (Phi) is 3.66. The quantitative estimate of drug-likeness (QED) is 0.473. The molecule has 0 atom stereocenters. The van der Waals surface area contributed by atoms with Crippen molar-refractivity contribution in [2.75, 3.05) is 7.11 Å². The molecule has 28 heavy (non-hydrogen) atoms. The lowest BCUT2D eigenvalue weighted by molar-refractivity contribution is 0.0974. The lowest BCUT2D eigenvalue weighted by Gasteiger charge is -2.18. The van der Waals surface area contributed by atoms with Crippen LogP contribution in [-0.4, -0.2) is 23.2 Å². The minimum absolute atomic E-state index is 0.126. The van der Waals surface area contributed by atoms with E-state index in [1.54, 1.807) is 25.3 Å². The first kappa shape index (κ1) is 16.5. The van der Waals surface area contributed by atoms with Crippen LogP contribution in [0, 0.1) is 0 Å². The van der Waals surface area contributed by atoms with Gasteiger partial charge in [-0.25, -0.2) is 0 Å². The largest absolute Gasteiger partial charge is 0.497 e. The van der Waals surface area contributed by atoms with E-state index in [1.165, 1.54) is 0 Å². The number of nitrogens with zero attached hydrogens (tertiary/aromatic N) is 1. The standard InChI is InChI=1S/C24H17NO3/c1-28-16-11-12-17-19(13-16)23(26)21-18-9-5-6-10-20(18)25(22(21)24(17)27)14-15-7-3-2-4-8-15/h2-13H,14H2,1H3. The summed E-state index contributed by atoms with van der Waals surface area (Å²) < 4.78 is 7.22. The fraction of sp³-hybridized carbons (Fsp3) is 0.0833. The van der Waals surface area contributed by atoms with E-state index in [2.05, 4.69) is 0 Å². The predicted molar refractivity (Wildman–Crippen MR) is 107 cm³/mol. The number of hydrogen-bond donors (Lipinski definition) is 0. The molecule has 0 unspecified atom stereocenters. The topological polar surface area (TPSA) is 48.3 Å². The molecule has 5 rings (SSSR count). The van der Waals surface area contributed by atoms with Crippen LogP contribution in [-0.2, 0) is 6.54 Å². The van der Waals surface area contributed by atoms with Crippen molar-refractivity contribution in [2.45, 2.75) is 6.54 Å². The number of fused-ring (bicyclic) bond motifs is 4. The molecule has 0 spiro atoms. The Hall–Kier alpha value is -3.66. The monoisotopic (exact) mass is 367 g/mol. The van der Waals surface area contributed by atoms with Gasteiger partial charge < -0.3 is 9.30 Å². The Labute approximate surface area is 162 Å². The number of aromatic nitrogens is 1. The Morgan fingerprint density at radius 3 is 2.36 bits per heavy atom. The zero-order chi connectivity index (χ0) is 19.3. The van der Waals surface area contributed by atoms with Crippen molar-refractivity contribution in [3.63, 3.8) is 0 Å². The smallest absolute Gasteiger partial charge is 0.210 e. The Morgan fingerprint density at radius 1 is 0.821 bits per heavy atom. The first-order valence-electron chi connectivity index (χ1n) is 9.11. The van der Waals surface area contributed by atoms with Gasteiger partial charge in [0.05, 0.1) is 12.7 Å². The molecule has 1 aromatic heterocycles.